The third-order valence-electron chi connectivity index (χ3n) is 2.29. The molecule has 0 aromatic carbocycles. The Bertz CT molecular complexity index is 488. The first-order chi connectivity index (χ1) is 7.20. The van der Waals surface area contributed by atoms with E-state index in [1.807, 2.05) is 6.92 Å². The SMILES string of the molecule is CC(=O)c1ccn(-c2ncccn2)c1C. The Morgan fingerprint density at radius 3 is 2.53 bits per heavy atom. The van der Waals surface area contributed by atoms with Gasteiger partial charge in [-0.3, -0.25) is 9.36 Å². The molecule has 0 unspecified atom stereocenters. The molecule has 2 aromatic rings. The summed E-state index contributed by atoms with van der Waals surface area (Å²) in [6, 6.07) is 3.54. The van der Waals surface area contributed by atoms with Gasteiger partial charge in [0, 0.05) is 29.8 Å². The lowest BCUT2D eigenvalue weighted by Crippen LogP contribution is -2.02. The van der Waals surface area contributed by atoms with Gasteiger partial charge in [0.05, 0.1) is 0 Å². The normalized spacial score (nSPS) is 10.3. The van der Waals surface area contributed by atoms with Gasteiger partial charge in [-0.25, -0.2) is 9.97 Å². The highest BCUT2D eigenvalue weighted by Crippen LogP contribution is 2.13. The lowest BCUT2D eigenvalue weighted by Gasteiger charge is -2.03. The number of hydrogen-bond donors (Lipinski definition) is 0. The van der Waals surface area contributed by atoms with Gasteiger partial charge in [-0.05, 0) is 26.0 Å². The number of nitrogens with zero attached hydrogens (tertiary/aromatic N) is 3. The average Bonchev–Trinajstić information content (AvgIpc) is 2.61. The first kappa shape index (κ1) is 9.58. The second-order valence-corrected chi connectivity index (χ2v) is 3.29. The summed E-state index contributed by atoms with van der Waals surface area (Å²) in [5.41, 5.74) is 1.58. The number of rotatable bonds is 2. The molecule has 0 N–H and O–H groups in total. The highest BCUT2D eigenvalue weighted by molar-refractivity contribution is 5.95. The van der Waals surface area contributed by atoms with Gasteiger partial charge in [0.2, 0.25) is 5.95 Å². The molecule has 2 heterocycles. The minimum atomic E-state index is 0.0576. The molecule has 2 aromatic heterocycles. The standard InChI is InChI=1S/C11H11N3O/c1-8-10(9(2)15)4-7-14(8)11-12-5-3-6-13-11/h3-7H,1-2H3. The fourth-order valence-corrected chi connectivity index (χ4v) is 1.52. The summed E-state index contributed by atoms with van der Waals surface area (Å²) >= 11 is 0. The number of ketones is 1. The number of carbonyl (C=O) groups is 1. The van der Waals surface area contributed by atoms with Crippen LogP contribution in [-0.4, -0.2) is 20.3 Å². The molecule has 0 saturated carbocycles. The molecule has 76 valence electrons. The first-order valence-corrected chi connectivity index (χ1v) is 4.66. The van der Waals surface area contributed by atoms with E-state index in [4.69, 9.17) is 0 Å². The van der Waals surface area contributed by atoms with E-state index in [1.54, 1.807) is 42.2 Å². The van der Waals surface area contributed by atoms with E-state index in [9.17, 15) is 4.79 Å². The molecular weight excluding hydrogens is 190 g/mol. The second kappa shape index (κ2) is 3.65. The lowest BCUT2D eigenvalue weighted by molar-refractivity contribution is 0.101. The summed E-state index contributed by atoms with van der Waals surface area (Å²) in [6.07, 6.45) is 5.16. The maximum atomic E-state index is 11.3. The fourth-order valence-electron chi connectivity index (χ4n) is 1.52. The predicted octanol–water partition coefficient (Wildman–Crippen LogP) is 1.78. The fraction of sp³-hybridized carbons (Fsp3) is 0.182. The number of aromatic nitrogens is 3. The van der Waals surface area contributed by atoms with Crippen molar-refractivity contribution in [3.8, 4) is 5.95 Å². The van der Waals surface area contributed by atoms with Crippen LogP contribution in [-0.2, 0) is 0 Å². The van der Waals surface area contributed by atoms with E-state index in [2.05, 4.69) is 9.97 Å². The Morgan fingerprint density at radius 2 is 2.00 bits per heavy atom. The van der Waals surface area contributed by atoms with Crippen LogP contribution in [0.5, 0.6) is 0 Å². The zero-order chi connectivity index (χ0) is 10.8. The van der Waals surface area contributed by atoms with Crippen LogP contribution in [0.4, 0.5) is 0 Å². The molecule has 4 heteroatoms. The van der Waals surface area contributed by atoms with Crippen LogP contribution in [0.3, 0.4) is 0 Å². The van der Waals surface area contributed by atoms with Crippen molar-refractivity contribution >= 4 is 5.78 Å². The van der Waals surface area contributed by atoms with E-state index in [1.165, 1.54) is 0 Å². The maximum absolute atomic E-state index is 11.3. The summed E-state index contributed by atoms with van der Waals surface area (Å²) in [7, 11) is 0. The van der Waals surface area contributed by atoms with Gasteiger partial charge in [-0.15, -0.1) is 0 Å². The van der Waals surface area contributed by atoms with Gasteiger partial charge in [-0.1, -0.05) is 0 Å². The molecule has 4 nitrogen and oxygen atoms in total. The van der Waals surface area contributed by atoms with Gasteiger partial charge in [-0.2, -0.15) is 0 Å². The molecule has 0 atom stereocenters. The highest BCUT2D eigenvalue weighted by Gasteiger charge is 2.10. The van der Waals surface area contributed by atoms with Crippen LogP contribution >= 0.6 is 0 Å². The molecule has 0 amide bonds. The number of carbonyl (C=O) groups excluding carboxylic acids is 1. The van der Waals surface area contributed by atoms with Crippen molar-refractivity contribution in [2.75, 3.05) is 0 Å². The summed E-state index contributed by atoms with van der Waals surface area (Å²) in [5.74, 6) is 0.643. The molecule has 0 saturated heterocycles. The van der Waals surface area contributed by atoms with E-state index in [-0.39, 0.29) is 5.78 Å². The largest absolute Gasteiger partial charge is 0.294 e. The quantitative estimate of drug-likeness (QED) is 0.696. The number of Topliss-reactive ketones (excluding diaryl/α,β-unsaturated/α-hetero) is 1. The smallest absolute Gasteiger partial charge is 0.233 e. The molecule has 0 aliphatic carbocycles. The van der Waals surface area contributed by atoms with Crippen molar-refractivity contribution in [2.24, 2.45) is 0 Å². The molecule has 0 bridgehead atoms. The van der Waals surface area contributed by atoms with Crippen molar-refractivity contribution in [3.63, 3.8) is 0 Å². The molecule has 0 aliphatic heterocycles. The summed E-state index contributed by atoms with van der Waals surface area (Å²) < 4.78 is 1.80. The Labute approximate surface area is 87.6 Å². The topological polar surface area (TPSA) is 47.8 Å². The van der Waals surface area contributed by atoms with Crippen molar-refractivity contribution in [1.29, 1.82) is 0 Å². The third-order valence-corrected chi connectivity index (χ3v) is 2.29. The minimum Gasteiger partial charge on any atom is -0.294 e. The third kappa shape index (κ3) is 1.66. The van der Waals surface area contributed by atoms with Crippen molar-refractivity contribution in [2.45, 2.75) is 13.8 Å². The van der Waals surface area contributed by atoms with Gasteiger partial charge >= 0.3 is 0 Å². The van der Waals surface area contributed by atoms with Gasteiger partial charge in [0.1, 0.15) is 0 Å². The molecule has 2 rings (SSSR count). The zero-order valence-corrected chi connectivity index (χ0v) is 8.64. The van der Waals surface area contributed by atoms with Gasteiger partial charge < -0.3 is 0 Å². The van der Waals surface area contributed by atoms with Crippen LogP contribution < -0.4 is 0 Å². The van der Waals surface area contributed by atoms with Crippen LogP contribution in [0.2, 0.25) is 0 Å². The van der Waals surface area contributed by atoms with Gasteiger partial charge in [0.15, 0.2) is 5.78 Å². The number of hydrogen-bond acceptors (Lipinski definition) is 3. The summed E-state index contributed by atoms with van der Waals surface area (Å²) in [6.45, 7) is 3.44. The predicted molar refractivity (Wildman–Crippen MR) is 56.1 cm³/mol. The molecular formula is C11H11N3O. The van der Waals surface area contributed by atoms with E-state index in [0.29, 0.717) is 11.5 Å². The summed E-state index contributed by atoms with van der Waals surface area (Å²) in [5, 5.41) is 0. The Balaban J connectivity index is 2.52. The van der Waals surface area contributed by atoms with E-state index >= 15 is 0 Å². The van der Waals surface area contributed by atoms with Crippen molar-refractivity contribution in [1.82, 2.24) is 14.5 Å². The Kier molecular flexibility index (Phi) is 2.33. The molecule has 0 radical (unpaired) electrons. The Morgan fingerprint density at radius 1 is 1.33 bits per heavy atom. The zero-order valence-electron chi connectivity index (χ0n) is 8.64. The summed E-state index contributed by atoms with van der Waals surface area (Å²) in [4.78, 5) is 19.5. The van der Waals surface area contributed by atoms with Crippen LogP contribution in [0.1, 0.15) is 23.0 Å². The molecule has 15 heavy (non-hydrogen) atoms. The van der Waals surface area contributed by atoms with Crippen LogP contribution in [0.25, 0.3) is 5.95 Å². The minimum absolute atomic E-state index is 0.0576. The molecule has 0 fully saturated rings. The van der Waals surface area contributed by atoms with Crippen LogP contribution in [0.15, 0.2) is 30.7 Å². The van der Waals surface area contributed by atoms with Crippen molar-refractivity contribution < 1.29 is 4.79 Å². The van der Waals surface area contributed by atoms with E-state index in [0.717, 1.165) is 5.69 Å². The first-order valence-electron chi connectivity index (χ1n) is 4.66. The maximum Gasteiger partial charge on any atom is 0.233 e. The van der Waals surface area contributed by atoms with Crippen molar-refractivity contribution in [3.05, 3.63) is 42.0 Å². The average molecular weight is 201 g/mol. The highest BCUT2D eigenvalue weighted by atomic mass is 16.1. The second-order valence-electron chi connectivity index (χ2n) is 3.29. The van der Waals surface area contributed by atoms with Crippen LogP contribution in [0, 0.1) is 6.92 Å². The van der Waals surface area contributed by atoms with E-state index < -0.39 is 0 Å². The molecule has 0 aliphatic rings. The Hall–Kier alpha value is -1.97. The monoisotopic (exact) mass is 201 g/mol. The van der Waals surface area contributed by atoms with Gasteiger partial charge in [0.25, 0.3) is 0 Å². The lowest BCUT2D eigenvalue weighted by atomic mass is 10.2. The molecule has 0 spiro atoms.